The summed E-state index contributed by atoms with van der Waals surface area (Å²) in [7, 11) is 0. The van der Waals surface area contributed by atoms with E-state index in [0.717, 1.165) is 60.6 Å². The molecule has 0 spiro atoms. The number of carbonyl (C=O) groups excluding carboxylic acids is 1. The van der Waals surface area contributed by atoms with E-state index in [1.165, 1.54) is 0 Å². The average molecular weight is 437 g/mol. The number of hydrogen-bond acceptors (Lipinski definition) is 7. The lowest BCUT2D eigenvalue weighted by atomic mass is 10.1. The molecule has 4 rings (SSSR count). The summed E-state index contributed by atoms with van der Waals surface area (Å²) in [5.41, 5.74) is 4.70. The normalized spacial score (nSPS) is 14.6. The maximum absolute atomic E-state index is 12.1. The molecule has 0 radical (unpaired) electrons. The van der Waals surface area contributed by atoms with Crippen LogP contribution in [-0.2, 0) is 13.0 Å². The first-order valence-corrected chi connectivity index (χ1v) is 10.9. The van der Waals surface area contributed by atoms with Gasteiger partial charge in [0.05, 0.1) is 29.5 Å². The quantitative estimate of drug-likeness (QED) is 0.505. The zero-order valence-corrected chi connectivity index (χ0v) is 18.2. The number of rotatable bonds is 7. The van der Waals surface area contributed by atoms with Crippen LogP contribution in [0.2, 0.25) is 0 Å². The van der Waals surface area contributed by atoms with E-state index >= 15 is 0 Å². The number of carbonyl (C=O) groups is 1. The molecule has 9 nitrogen and oxygen atoms in total. The fraction of sp³-hybridized carbons (Fsp3) is 0.391. The molecule has 0 aromatic carbocycles. The molecule has 0 atom stereocenters. The van der Waals surface area contributed by atoms with Gasteiger partial charge in [0.15, 0.2) is 0 Å². The second-order valence-electron chi connectivity index (χ2n) is 7.90. The van der Waals surface area contributed by atoms with Crippen LogP contribution in [0.1, 0.15) is 28.5 Å². The van der Waals surface area contributed by atoms with E-state index in [0.29, 0.717) is 12.1 Å². The molecule has 168 valence electrons. The summed E-state index contributed by atoms with van der Waals surface area (Å²) in [6.07, 6.45) is 4.29. The molecule has 1 aliphatic rings. The molecular formula is C23H28N6O3. The van der Waals surface area contributed by atoms with E-state index in [4.69, 9.17) is 5.11 Å². The third kappa shape index (κ3) is 4.95. The van der Waals surface area contributed by atoms with Gasteiger partial charge in [-0.1, -0.05) is 6.92 Å². The summed E-state index contributed by atoms with van der Waals surface area (Å²) < 4.78 is 0. The Kier molecular flexibility index (Phi) is 6.77. The van der Waals surface area contributed by atoms with Crippen molar-refractivity contribution in [2.75, 3.05) is 44.2 Å². The fourth-order valence-electron chi connectivity index (χ4n) is 3.91. The van der Waals surface area contributed by atoms with Crippen molar-refractivity contribution in [2.24, 2.45) is 0 Å². The van der Waals surface area contributed by atoms with Crippen LogP contribution in [0.25, 0.3) is 11.0 Å². The molecular weight excluding hydrogens is 408 g/mol. The minimum Gasteiger partial charge on any atom is -0.395 e. The van der Waals surface area contributed by atoms with Gasteiger partial charge in [-0.2, -0.15) is 0 Å². The predicted molar refractivity (Wildman–Crippen MR) is 123 cm³/mol. The Labute approximate surface area is 186 Å². The summed E-state index contributed by atoms with van der Waals surface area (Å²) in [5.74, 6) is -0.285. The van der Waals surface area contributed by atoms with Crippen molar-refractivity contribution in [1.29, 1.82) is 0 Å². The summed E-state index contributed by atoms with van der Waals surface area (Å²) >= 11 is 0. The lowest BCUT2D eigenvalue weighted by Crippen LogP contribution is -2.46. The molecule has 0 saturated carbocycles. The lowest BCUT2D eigenvalue weighted by Gasteiger charge is -2.36. The van der Waals surface area contributed by atoms with Gasteiger partial charge in [-0.3, -0.25) is 19.5 Å². The zero-order valence-electron chi connectivity index (χ0n) is 18.2. The highest BCUT2D eigenvalue weighted by Gasteiger charge is 2.18. The minimum absolute atomic E-state index is 0.0435. The molecule has 32 heavy (non-hydrogen) atoms. The van der Waals surface area contributed by atoms with Crippen LogP contribution in [0.3, 0.4) is 0 Å². The van der Waals surface area contributed by atoms with E-state index in [9.17, 15) is 9.59 Å². The van der Waals surface area contributed by atoms with Gasteiger partial charge in [-0.25, -0.2) is 4.98 Å². The van der Waals surface area contributed by atoms with Gasteiger partial charge in [0.2, 0.25) is 0 Å². The molecule has 9 heteroatoms. The van der Waals surface area contributed by atoms with E-state index in [2.05, 4.69) is 30.1 Å². The van der Waals surface area contributed by atoms with Crippen molar-refractivity contribution >= 4 is 22.6 Å². The molecule has 3 aromatic heterocycles. The Morgan fingerprint density at radius 1 is 1.16 bits per heavy atom. The number of H-pyrrole nitrogens is 1. The van der Waals surface area contributed by atoms with Crippen molar-refractivity contribution in [3.8, 4) is 0 Å². The monoisotopic (exact) mass is 436 g/mol. The van der Waals surface area contributed by atoms with Crippen LogP contribution < -0.4 is 15.8 Å². The Bertz CT molecular complexity index is 1140. The van der Waals surface area contributed by atoms with Crippen LogP contribution in [0.15, 0.2) is 41.5 Å². The highest BCUT2D eigenvalue weighted by molar-refractivity contribution is 5.92. The maximum Gasteiger partial charge on any atom is 0.269 e. The Hall–Kier alpha value is -3.30. The number of aromatic amines is 1. The van der Waals surface area contributed by atoms with Gasteiger partial charge in [0.25, 0.3) is 11.5 Å². The van der Waals surface area contributed by atoms with Gasteiger partial charge in [-0.15, -0.1) is 0 Å². The molecule has 3 aromatic rings. The standard InChI is InChI=1S/C23H28N6O3/c1-2-17-12-20-21(27-22(17)31)11-16(13-25-20)15-28-6-8-29(9-7-28)18-3-4-19(26-14-18)23(32)24-5-10-30/h3-4,11-14,30H,2,5-10,15H2,1H3,(H,24,32)(H,27,31). The number of pyridine rings is 3. The van der Waals surface area contributed by atoms with Crippen molar-refractivity contribution in [3.63, 3.8) is 0 Å². The molecule has 1 aliphatic heterocycles. The van der Waals surface area contributed by atoms with Crippen LogP contribution in [0, 0.1) is 0 Å². The van der Waals surface area contributed by atoms with Crippen LogP contribution in [0.4, 0.5) is 5.69 Å². The number of aliphatic hydroxyl groups is 1. The smallest absolute Gasteiger partial charge is 0.269 e. The number of anilines is 1. The molecule has 1 fully saturated rings. The van der Waals surface area contributed by atoms with Gasteiger partial charge in [-0.05, 0) is 36.2 Å². The predicted octanol–water partition coefficient (Wildman–Crippen LogP) is 0.925. The van der Waals surface area contributed by atoms with Gasteiger partial charge < -0.3 is 20.3 Å². The first-order chi connectivity index (χ1) is 15.6. The van der Waals surface area contributed by atoms with Crippen LogP contribution in [-0.4, -0.2) is 70.2 Å². The number of hydrogen-bond donors (Lipinski definition) is 3. The summed E-state index contributed by atoms with van der Waals surface area (Å²) in [4.78, 5) is 40.4. The van der Waals surface area contributed by atoms with Crippen molar-refractivity contribution in [1.82, 2.24) is 25.2 Å². The van der Waals surface area contributed by atoms with Gasteiger partial charge in [0.1, 0.15) is 5.69 Å². The largest absolute Gasteiger partial charge is 0.395 e. The molecule has 0 bridgehead atoms. The molecule has 0 unspecified atom stereocenters. The molecule has 0 aliphatic carbocycles. The fourth-order valence-corrected chi connectivity index (χ4v) is 3.91. The first-order valence-electron chi connectivity index (χ1n) is 10.9. The van der Waals surface area contributed by atoms with E-state index in [1.54, 1.807) is 12.3 Å². The second kappa shape index (κ2) is 9.88. The third-order valence-electron chi connectivity index (χ3n) is 5.73. The van der Waals surface area contributed by atoms with Crippen LogP contribution in [0.5, 0.6) is 0 Å². The number of fused-ring (bicyclic) bond motifs is 1. The van der Waals surface area contributed by atoms with Gasteiger partial charge >= 0.3 is 0 Å². The highest BCUT2D eigenvalue weighted by Crippen LogP contribution is 2.18. The second-order valence-corrected chi connectivity index (χ2v) is 7.90. The number of nitrogens with zero attached hydrogens (tertiary/aromatic N) is 4. The van der Waals surface area contributed by atoms with Crippen molar-refractivity contribution in [2.45, 2.75) is 19.9 Å². The highest BCUT2D eigenvalue weighted by atomic mass is 16.3. The number of amides is 1. The number of aryl methyl sites for hydroxylation is 1. The van der Waals surface area contributed by atoms with Crippen molar-refractivity contribution in [3.05, 3.63) is 63.8 Å². The third-order valence-corrected chi connectivity index (χ3v) is 5.73. The summed E-state index contributed by atoms with van der Waals surface area (Å²) in [6, 6.07) is 7.50. The number of piperazine rings is 1. The number of nitrogens with one attached hydrogen (secondary N) is 2. The van der Waals surface area contributed by atoms with E-state index < -0.39 is 0 Å². The maximum atomic E-state index is 12.1. The van der Waals surface area contributed by atoms with Crippen molar-refractivity contribution < 1.29 is 9.90 Å². The van der Waals surface area contributed by atoms with Gasteiger partial charge in [0, 0.05) is 51.0 Å². The Morgan fingerprint density at radius 3 is 2.66 bits per heavy atom. The summed E-state index contributed by atoms with van der Waals surface area (Å²) in [5, 5.41) is 11.4. The topological polar surface area (TPSA) is 114 Å². The average Bonchev–Trinajstić information content (AvgIpc) is 2.82. The molecule has 1 saturated heterocycles. The number of aliphatic hydroxyl groups excluding tert-OH is 1. The Balaban J connectivity index is 1.35. The molecule has 1 amide bonds. The molecule has 4 heterocycles. The van der Waals surface area contributed by atoms with Crippen LogP contribution >= 0.6 is 0 Å². The summed E-state index contributed by atoms with van der Waals surface area (Å²) in [6.45, 7) is 6.35. The lowest BCUT2D eigenvalue weighted by molar-refractivity contribution is 0.0940. The number of aromatic nitrogens is 3. The Morgan fingerprint density at radius 2 is 1.97 bits per heavy atom. The first kappa shape index (κ1) is 21.9. The van der Waals surface area contributed by atoms with E-state index in [-0.39, 0.29) is 24.6 Å². The SMILES string of the molecule is CCc1cc2ncc(CN3CCN(c4ccc(C(=O)NCCO)nc4)CC3)cc2[nH]c1=O. The zero-order chi connectivity index (χ0) is 22.5. The molecule has 3 N–H and O–H groups in total. The van der Waals surface area contributed by atoms with E-state index in [1.807, 2.05) is 31.3 Å². The minimum atomic E-state index is -0.285.